The average molecular weight is 462 g/mol. The van der Waals surface area contributed by atoms with E-state index in [9.17, 15) is 9.18 Å². The first-order chi connectivity index (χ1) is 11.0. The summed E-state index contributed by atoms with van der Waals surface area (Å²) in [4.78, 5) is 17.4. The van der Waals surface area contributed by atoms with Crippen LogP contribution in [0.5, 0.6) is 0 Å². The van der Waals surface area contributed by atoms with Gasteiger partial charge in [-0.25, -0.2) is 4.39 Å². The molecule has 0 N–H and O–H groups in total. The summed E-state index contributed by atoms with van der Waals surface area (Å²) in [5.41, 5.74) is 1.09. The molecule has 0 saturated carbocycles. The summed E-state index contributed by atoms with van der Waals surface area (Å²) in [5.74, 6) is -0.125. The van der Waals surface area contributed by atoms with Crippen LogP contribution < -0.4 is 0 Å². The molecule has 122 valence electrons. The van der Waals surface area contributed by atoms with E-state index in [1.54, 1.807) is 0 Å². The fourth-order valence-electron chi connectivity index (χ4n) is 2.56. The topological polar surface area (TPSA) is 23.6 Å². The first-order valence-electron chi connectivity index (χ1n) is 7.24. The number of benzene rings is 1. The fraction of sp³-hybridized carbons (Fsp3) is 0.312. The van der Waals surface area contributed by atoms with Crippen molar-refractivity contribution >= 4 is 49.1 Å². The highest BCUT2D eigenvalue weighted by Gasteiger charge is 2.23. The van der Waals surface area contributed by atoms with E-state index in [1.165, 1.54) is 23.5 Å². The Kier molecular flexibility index (Phi) is 5.51. The Labute approximate surface area is 155 Å². The predicted octanol–water partition coefficient (Wildman–Crippen LogP) is 4.37. The number of thiophene rings is 1. The van der Waals surface area contributed by atoms with E-state index in [4.69, 9.17) is 0 Å². The third-order valence-electron chi connectivity index (χ3n) is 3.83. The Morgan fingerprint density at radius 1 is 1.13 bits per heavy atom. The molecule has 23 heavy (non-hydrogen) atoms. The van der Waals surface area contributed by atoms with Crippen LogP contribution in [0, 0.1) is 5.82 Å². The van der Waals surface area contributed by atoms with Gasteiger partial charge in [0.15, 0.2) is 0 Å². The molecule has 1 aliphatic heterocycles. The van der Waals surface area contributed by atoms with Crippen molar-refractivity contribution in [1.29, 1.82) is 0 Å². The molecular weight excluding hydrogens is 447 g/mol. The zero-order valence-corrected chi connectivity index (χ0v) is 16.3. The van der Waals surface area contributed by atoms with Crippen LogP contribution >= 0.6 is 43.2 Å². The number of rotatable bonds is 3. The Morgan fingerprint density at radius 2 is 1.78 bits per heavy atom. The van der Waals surface area contributed by atoms with Gasteiger partial charge < -0.3 is 4.90 Å². The van der Waals surface area contributed by atoms with Gasteiger partial charge in [-0.3, -0.25) is 9.69 Å². The molecule has 1 aromatic carbocycles. The first-order valence-corrected chi connectivity index (χ1v) is 9.64. The van der Waals surface area contributed by atoms with Gasteiger partial charge in [-0.2, -0.15) is 0 Å². The van der Waals surface area contributed by atoms with E-state index in [0.29, 0.717) is 13.1 Å². The lowest BCUT2D eigenvalue weighted by Crippen LogP contribution is -2.48. The monoisotopic (exact) mass is 460 g/mol. The van der Waals surface area contributed by atoms with Gasteiger partial charge in [0.2, 0.25) is 0 Å². The zero-order valence-electron chi connectivity index (χ0n) is 12.3. The molecule has 1 saturated heterocycles. The summed E-state index contributed by atoms with van der Waals surface area (Å²) in [5, 5.41) is 0. The van der Waals surface area contributed by atoms with Crippen LogP contribution in [-0.4, -0.2) is 41.9 Å². The Balaban J connectivity index is 1.55. The molecule has 0 radical (unpaired) electrons. The van der Waals surface area contributed by atoms with E-state index in [2.05, 4.69) is 36.8 Å². The normalized spacial score (nSPS) is 15.9. The first kappa shape index (κ1) is 17.1. The maximum absolute atomic E-state index is 12.9. The number of halogens is 3. The minimum atomic E-state index is -0.211. The molecule has 7 heteroatoms. The van der Waals surface area contributed by atoms with E-state index in [0.717, 1.165) is 38.3 Å². The molecule has 2 aromatic rings. The smallest absolute Gasteiger partial charge is 0.264 e. The van der Waals surface area contributed by atoms with Gasteiger partial charge in [-0.1, -0.05) is 12.1 Å². The van der Waals surface area contributed by atoms with E-state index in [-0.39, 0.29) is 11.7 Å². The Hall–Kier alpha value is -0.760. The minimum Gasteiger partial charge on any atom is -0.335 e. The maximum atomic E-state index is 12.9. The third kappa shape index (κ3) is 4.21. The number of amides is 1. The number of piperazine rings is 1. The van der Waals surface area contributed by atoms with Gasteiger partial charge in [-0.15, -0.1) is 11.3 Å². The minimum absolute atomic E-state index is 0.0860. The third-order valence-corrected chi connectivity index (χ3v) is 7.08. The number of carbonyl (C=O) groups excluding carboxylic acids is 1. The largest absolute Gasteiger partial charge is 0.335 e. The summed E-state index contributed by atoms with van der Waals surface area (Å²) in [7, 11) is 0. The molecule has 0 spiro atoms. The quantitative estimate of drug-likeness (QED) is 0.677. The highest BCUT2D eigenvalue weighted by molar-refractivity contribution is 9.13. The SMILES string of the molecule is O=C(c1cc(Br)c(Br)s1)N1CCN(Cc2ccc(F)cc2)CC1. The summed E-state index contributed by atoms with van der Waals surface area (Å²) in [6, 6.07) is 8.46. The molecule has 3 rings (SSSR count). The van der Waals surface area contributed by atoms with Crippen LogP contribution in [0.15, 0.2) is 38.6 Å². The van der Waals surface area contributed by atoms with E-state index < -0.39 is 0 Å². The lowest BCUT2D eigenvalue weighted by Gasteiger charge is -2.34. The zero-order chi connectivity index (χ0) is 16.4. The molecule has 0 aliphatic carbocycles. The Bertz CT molecular complexity index is 677. The number of hydrogen-bond acceptors (Lipinski definition) is 3. The van der Waals surface area contributed by atoms with Crippen molar-refractivity contribution in [2.45, 2.75) is 6.54 Å². The van der Waals surface area contributed by atoms with Crippen molar-refractivity contribution < 1.29 is 9.18 Å². The van der Waals surface area contributed by atoms with Gasteiger partial charge in [0.05, 0.1) is 8.66 Å². The maximum Gasteiger partial charge on any atom is 0.264 e. The fourth-order valence-corrected chi connectivity index (χ4v) is 4.57. The predicted molar refractivity (Wildman–Crippen MR) is 97.3 cm³/mol. The molecule has 3 nitrogen and oxygen atoms in total. The van der Waals surface area contributed by atoms with Crippen LogP contribution in [0.25, 0.3) is 0 Å². The molecule has 2 heterocycles. The number of hydrogen-bond donors (Lipinski definition) is 0. The van der Waals surface area contributed by atoms with Crippen LogP contribution in [0.3, 0.4) is 0 Å². The van der Waals surface area contributed by atoms with Crippen molar-refractivity contribution in [3.05, 3.63) is 54.8 Å². The molecule has 1 fully saturated rings. The standard InChI is InChI=1S/C16H15Br2FN2OS/c17-13-9-14(23-15(13)18)16(22)21-7-5-20(6-8-21)10-11-1-3-12(19)4-2-11/h1-4,9H,5-8,10H2. The lowest BCUT2D eigenvalue weighted by molar-refractivity contribution is 0.0633. The van der Waals surface area contributed by atoms with Crippen molar-refractivity contribution in [2.75, 3.05) is 26.2 Å². The van der Waals surface area contributed by atoms with Crippen LogP contribution in [-0.2, 0) is 6.54 Å². The molecule has 0 unspecified atom stereocenters. The van der Waals surface area contributed by atoms with Crippen molar-refractivity contribution in [1.82, 2.24) is 9.80 Å². The number of carbonyl (C=O) groups is 1. The van der Waals surface area contributed by atoms with Gasteiger partial charge in [0.25, 0.3) is 5.91 Å². The summed E-state index contributed by atoms with van der Waals surface area (Å²) in [6.07, 6.45) is 0. The van der Waals surface area contributed by atoms with E-state index >= 15 is 0 Å². The molecule has 1 amide bonds. The Morgan fingerprint density at radius 3 is 2.35 bits per heavy atom. The summed E-state index contributed by atoms with van der Waals surface area (Å²) >= 11 is 8.29. The summed E-state index contributed by atoms with van der Waals surface area (Å²) < 4.78 is 14.8. The van der Waals surface area contributed by atoms with Crippen LogP contribution in [0.2, 0.25) is 0 Å². The molecule has 0 atom stereocenters. The average Bonchev–Trinajstić information content (AvgIpc) is 2.89. The van der Waals surface area contributed by atoms with Gasteiger partial charge >= 0.3 is 0 Å². The molecule has 1 aromatic heterocycles. The van der Waals surface area contributed by atoms with Crippen molar-refractivity contribution in [3.63, 3.8) is 0 Å². The second-order valence-corrected chi connectivity index (χ2v) is 8.65. The van der Waals surface area contributed by atoms with Crippen LogP contribution in [0.4, 0.5) is 4.39 Å². The van der Waals surface area contributed by atoms with E-state index in [1.807, 2.05) is 23.1 Å². The highest BCUT2D eigenvalue weighted by atomic mass is 79.9. The lowest BCUT2D eigenvalue weighted by atomic mass is 10.2. The van der Waals surface area contributed by atoms with Crippen LogP contribution in [0.1, 0.15) is 15.2 Å². The second kappa shape index (κ2) is 7.42. The van der Waals surface area contributed by atoms with Gasteiger partial charge in [-0.05, 0) is 55.6 Å². The van der Waals surface area contributed by atoms with Crippen molar-refractivity contribution in [3.8, 4) is 0 Å². The second-order valence-electron chi connectivity index (χ2n) is 5.43. The molecular formula is C16H15Br2FN2OS. The highest BCUT2D eigenvalue weighted by Crippen LogP contribution is 2.33. The molecule has 0 bridgehead atoms. The van der Waals surface area contributed by atoms with Gasteiger partial charge in [0.1, 0.15) is 5.82 Å². The summed E-state index contributed by atoms with van der Waals surface area (Å²) in [6.45, 7) is 3.88. The number of nitrogens with zero attached hydrogens (tertiary/aromatic N) is 2. The molecule has 1 aliphatic rings. The van der Waals surface area contributed by atoms with Crippen molar-refractivity contribution in [2.24, 2.45) is 0 Å². The van der Waals surface area contributed by atoms with Gasteiger partial charge in [0, 0.05) is 37.2 Å².